The maximum atomic E-state index is 9.26. The number of hydrogen-bond donors (Lipinski definition) is 2. The third-order valence-corrected chi connectivity index (χ3v) is 2.12. The Morgan fingerprint density at radius 2 is 1.50 bits per heavy atom. The highest BCUT2D eigenvalue weighted by Gasteiger charge is 2.31. The van der Waals surface area contributed by atoms with Crippen molar-refractivity contribution in [3.63, 3.8) is 0 Å². The van der Waals surface area contributed by atoms with Crippen molar-refractivity contribution >= 4 is 0 Å². The Bertz CT molecular complexity index is 108. The van der Waals surface area contributed by atoms with Crippen LogP contribution in [0.4, 0.5) is 0 Å². The van der Waals surface area contributed by atoms with Crippen LogP contribution in [0.1, 0.15) is 33.1 Å². The largest absolute Gasteiger partial charge is 0.393 e. The molecule has 0 bridgehead atoms. The highest BCUT2D eigenvalue weighted by molar-refractivity contribution is 4.83. The lowest BCUT2D eigenvalue weighted by Gasteiger charge is -2.35. The molecule has 60 valence electrons. The average molecular weight is 144 g/mol. The lowest BCUT2D eigenvalue weighted by Crippen LogP contribution is -2.34. The molecule has 0 saturated heterocycles. The quantitative estimate of drug-likeness (QED) is 0.530. The Labute approximate surface area is 61.9 Å². The zero-order valence-electron chi connectivity index (χ0n) is 6.67. The fourth-order valence-corrected chi connectivity index (χ4v) is 1.84. The molecule has 0 spiro atoms. The molecule has 0 aromatic carbocycles. The molecular formula is C8H16O2. The molecule has 1 aliphatic rings. The van der Waals surface area contributed by atoms with Crippen LogP contribution >= 0.6 is 0 Å². The summed E-state index contributed by atoms with van der Waals surface area (Å²) >= 11 is 0. The van der Waals surface area contributed by atoms with Gasteiger partial charge in [-0.25, -0.2) is 0 Å². The molecule has 0 unspecified atom stereocenters. The van der Waals surface area contributed by atoms with Crippen molar-refractivity contribution in [1.29, 1.82) is 0 Å². The molecule has 1 rings (SSSR count). The fourth-order valence-electron chi connectivity index (χ4n) is 1.84. The third-order valence-electron chi connectivity index (χ3n) is 2.12. The first-order valence-electron chi connectivity index (χ1n) is 3.86. The van der Waals surface area contributed by atoms with Gasteiger partial charge >= 0.3 is 0 Å². The summed E-state index contributed by atoms with van der Waals surface area (Å²) in [5, 5.41) is 18.5. The normalized spacial score (nSPS) is 39.6. The van der Waals surface area contributed by atoms with Crippen LogP contribution in [-0.2, 0) is 0 Å². The van der Waals surface area contributed by atoms with Crippen LogP contribution in [0.3, 0.4) is 0 Å². The molecule has 2 nitrogen and oxygen atoms in total. The summed E-state index contributed by atoms with van der Waals surface area (Å²) in [5.41, 5.74) is 0.122. The van der Waals surface area contributed by atoms with Gasteiger partial charge in [-0.2, -0.15) is 0 Å². The standard InChI is InChI=1S/C8H16O2/c1-8(2)4-6(9)3-7(10)5-8/h6-7,9-10H,3-5H2,1-2H3/t6-,7-/m0/s1. The van der Waals surface area contributed by atoms with Crippen LogP contribution < -0.4 is 0 Å². The average Bonchev–Trinajstić information content (AvgIpc) is 1.54. The Kier molecular flexibility index (Phi) is 2.02. The minimum absolute atomic E-state index is 0.122. The molecule has 1 fully saturated rings. The maximum absolute atomic E-state index is 9.26. The zero-order chi connectivity index (χ0) is 7.78. The molecular weight excluding hydrogens is 128 g/mol. The van der Waals surface area contributed by atoms with Crippen molar-refractivity contribution in [2.75, 3.05) is 0 Å². The summed E-state index contributed by atoms with van der Waals surface area (Å²) in [4.78, 5) is 0. The van der Waals surface area contributed by atoms with Gasteiger partial charge < -0.3 is 10.2 Å². The second-order valence-corrected chi connectivity index (χ2v) is 4.12. The van der Waals surface area contributed by atoms with E-state index in [1.807, 2.05) is 0 Å². The third kappa shape index (κ3) is 1.96. The van der Waals surface area contributed by atoms with Gasteiger partial charge in [-0.15, -0.1) is 0 Å². The minimum Gasteiger partial charge on any atom is -0.393 e. The van der Waals surface area contributed by atoms with E-state index in [0.29, 0.717) is 6.42 Å². The molecule has 0 aromatic rings. The molecule has 1 aliphatic carbocycles. The molecule has 1 saturated carbocycles. The van der Waals surface area contributed by atoms with E-state index >= 15 is 0 Å². The topological polar surface area (TPSA) is 40.5 Å². The van der Waals surface area contributed by atoms with Gasteiger partial charge in [-0.05, 0) is 24.7 Å². The van der Waals surface area contributed by atoms with Gasteiger partial charge in [0.2, 0.25) is 0 Å². The van der Waals surface area contributed by atoms with Gasteiger partial charge in [0, 0.05) is 0 Å². The van der Waals surface area contributed by atoms with E-state index in [4.69, 9.17) is 0 Å². The van der Waals surface area contributed by atoms with E-state index in [2.05, 4.69) is 13.8 Å². The zero-order valence-corrected chi connectivity index (χ0v) is 6.67. The molecule has 0 amide bonds. The van der Waals surface area contributed by atoms with Crippen molar-refractivity contribution in [3.05, 3.63) is 0 Å². The summed E-state index contributed by atoms with van der Waals surface area (Å²) in [5.74, 6) is 0. The van der Waals surface area contributed by atoms with E-state index in [1.165, 1.54) is 0 Å². The summed E-state index contributed by atoms with van der Waals surface area (Å²) in [6, 6.07) is 0. The fraction of sp³-hybridized carbons (Fsp3) is 1.00. The Morgan fingerprint density at radius 3 is 1.80 bits per heavy atom. The lowest BCUT2D eigenvalue weighted by molar-refractivity contribution is -0.0144. The van der Waals surface area contributed by atoms with Gasteiger partial charge in [-0.3, -0.25) is 0 Å². The van der Waals surface area contributed by atoms with Gasteiger partial charge in [-0.1, -0.05) is 13.8 Å². The predicted molar refractivity (Wildman–Crippen MR) is 39.6 cm³/mol. The van der Waals surface area contributed by atoms with E-state index in [-0.39, 0.29) is 17.6 Å². The highest BCUT2D eigenvalue weighted by atomic mass is 16.3. The van der Waals surface area contributed by atoms with Gasteiger partial charge in [0.25, 0.3) is 0 Å². The molecule has 2 atom stereocenters. The molecule has 0 aliphatic heterocycles. The maximum Gasteiger partial charge on any atom is 0.0570 e. The van der Waals surface area contributed by atoms with Crippen LogP contribution in [0.5, 0.6) is 0 Å². The molecule has 10 heavy (non-hydrogen) atoms. The SMILES string of the molecule is CC1(C)C[C@@H](O)C[C@H](O)C1. The second kappa shape index (κ2) is 2.51. The predicted octanol–water partition coefficient (Wildman–Crippen LogP) is 0.918. The molecule has 2 N–H and O–H groups in total. The van der Waals surface area contributed by atoms with Gasteiger partial charge in [0.15, 0.2) is 0 Å². The first kappa shape index (κ1) is 8.02. The van der Waals surface area contributed by atoms with Gasteiger partial charge in [0.05, 0.1) is 12.2 Å². The number of aliphatic hydroxyl groups is 2. The first-order chi connectivity index (χ1) is 4.49. The lowest BCUT2D eigenvalue weighted by atomic mass is 9.75. The molecule has 0 aromatic heterocycles. The van der Waals surface area contributed by atoms with Crippen LogP contribution in [0.2, 0.25) is 0 Å². The minimum atomic E-state index is -0.293. The van der Waals surface area contributed by atoms with Crippen molar-refractivity contribution in [1.82, 2.24) is 0 Å². The summed E-state index contributed by atoms with van der Waals surface area (Å²) in [7, 11) is 0. The summed E-state index contributed by atoms with van der Waals surface area (Å²) in [6.45, 7) is 4.16. The summed E-state index contributed by atoms with van der Waals surface area (Å²) in [6.07, 6.45) is 1.62. The van der Waals surface area contributed by atoms with Crippen LogP contribution in [0, 0.1) is 5.41 Å². The van der Waals surface area contributed by atoms with E-state index in [0.717, 1.165) is 12.8 Å². The van der Waals surface area contributed by atoms with Crippen molar-refractivity contribution < 1.29 is 10.2 Å². The van der Waals surface area contributed by atoms with Gasteiger partial charge in [0.1, 0.15) is 0 Å². The second-order valence-electron chi connectivity index (χ2n) is 4.12. The van der Waals surface area contributed by atoms with E-state index in [9.17, 15) is 10.2 Å². The number of aliphatic hydroxyl groups excluding tert-OH is 2. The number of rotatable bonds is 0. The Morgan fingerprint density at radius 1 is 1.10 bits per heavy atom. The Balaban J connectivity index is 2.51. The smallest absolute Gasteiger partial charge is 0.0570 e. The molecule has 0 heterocycles. The summed E-state index contributed by atoms with van der Waals surface area (Å²) < 4.78 is 0. The van der Waals surface area contributed by atoms with Crippen LogP contribution in [0.25, 0.3) is 0 Å². The van der Waals surface area contributed by atoms with Crippen LogP contribution in [0.15, 0.2) is 0 Å². The van der Waals surface area contributed by atoms with Crippen LogP contribution in [-0.4, -0.2) is 22.4 Å². The number of hydrogen-bond acceptors (Lipinski definition) is 2. The first-order valence-corrected chi connectivity index (χ1v) is 3.86. The van der Waals surface area contributed by atoms with E-state index < -0.39 is 0 Å². The monoisotopic (exact) mass is 144 g/mol. The highest BCUT2D eigenvalue weighted by Crippen LogP contribution is 2.35. The van der Waals surface area contributed by atoms with E-state index in [1.54, 1.807) is 0 Å². The molecule has 0 radical (unpaired) electrons. The Hall–Kier alpha value is -0.0800. The van der Waals surface area contributed by atoms with Crippen molar-refractivity contribution in [2.45, 2.75) is 45.3 Å². The molecule has 2 heteroatoms. The van der Waals surface area contributed by atoms with Crippen molar-refractivity contribution in [2.24, 2.45) is 5.41 Å². The van der Waals surface area contributed by atoms with Crippen molar-refractivity contribution in [3.8, 4) is 0 Å².